The molecule has 4 rings (SSSR count). The molecule has 0 amide bonds. The first-order valence-electron chi connectivity index (χ1n) is 9.06. The summed E-state index contributed by atoms with van der Waals surface area (Å²) in [5.41, 5.74) is 2.69. The second kappa shape index (κ2) is 6.89. The van der Waals surface area contributed by atoms with Gasteiger partial charge in [0.25, 0.3) is 0 Å². The Balaban J connectivity index is 1.41. The van der Waals surface area contributed by atoms with Gasteiger partial charge in [0.05, 0.1) is 12.1 Å². The molecular weight excluding hydrogens is 332 g/mol. The number of hydrogen-bond donors (Lipinski definition) is 0. The number of hydrogen-bond acceptors (Lipinski definition) is 3. The number of piperazine rings is 1. The molecule has 0 radical (unpaired) electrons. The van der Waals surface area contributed by atoms with Crippen LogP contribution in [0.2, 0.25) is 5.02 Å². The molecule has 0 N–H and O–H groups in total. The summed E-state index contributed by atoms with van der Waals surface area (Å²) in [5, 5.41) is 0.668. The lowest BCUT2D eigenvalue weighted by molar-refractivity contribution is 0.216. The number of rotatable bonds is 4. The van der Waals surface area contributed by atoms with E-state index in [9.17, 15) is 0 Å². The van der Waals surface area contributed by atoms with E-state index >= 15 is 0 Å². The van der Waals surface area contributed by atoms with E-state index < -0.39 is 0 Å². The van der Waals surface area contributed by atoms with E-state index in [1.807, 2.05) is 6.07 Å². The van der Waals surface area contributed by atoms with Crippen LogP contribution in [0.15, 0.2) is 48.5 Å². The molecular formula is C21H25ClN2O. The highest BCUT2D eigenvalue weighted by atomic mass is 35.5. The molecule has 1 saturated heterocycles. The van der Waals surface area contributed by atoms with E-state index in [2.05, 4.69) is 59.2 Å². The Morgan fingerprint density at radius 2 is 1.88 bits per heavy atom. The van der Waals surface area contributed by atoms with Crippen LogP contribution in [0.1, 0.15) is 24.8 Å². The molecule has 0 aromatic heterocycles. The zero-order valence-electron chi connectivity index (χ0n) is 14.9. The first kappa shape index (κ1) is 16.7. The molecule has 3 nitrogen and oxygen atoms in total. The Hall–Kier alpha value is -1.71. The third-order valence-corrected chi connectivity index (χ3v) is 5.89. The fourth-order valence-corrected chi connectivity index (χ4v) is 4.34. The molecule has 1 unspecified atom stereocenters. The predicted octanol–water partition coefficient (Wildman–Crippen LogP) is 4.42. The number of halogens is 1. The highest BCUT2D eigenvalue weighted by Gasteiger charge is 2.44. The summed E-state index contributed by atoms with van der Waals surface area (Å²) in [5.74, 6) is 1.47. The average molecular weight is 357 g/mol. The summed E-state index contributed by atoms with van der Waals surface area (Å²) in [7, 11) is 1.67. The molecule has 4 heteroatoms. The van der Waals surface area contributed by atoms with Crippen LogP contribution in [0.4, 0.5) is 5.69 Å². The summed E-state index contributed by atoms with van der Waals surface area (Å²) < 4.78 is 5.38. The van der Waals surface area contributed by atoms with Gasteiger partial charge in [-0.05, 0) is 31.0 Å². The van der Waals surface area contributed by atoms with Crippen LogP contribution in [0.3, 0.4) is 0 Å². The van der Waals surface area contributed by atoms with Gasteiger partial charge in [0.2, 0.25) is 0 Å². The fourth-order valence-electron chi connectivity index (χ4n) is 4.14. The van der Waals surface area contributed by atoms with Crippen LogP contribution in [0.25, 0.3) is 0 Å². The van der Waals surface area contributed by atoms with Crippen LogP contribution >= 0.6 is 11.6 Å². The second-order valence-corrected chi connectivity index (χ2v) is 7.58. The van der Waals surface area contributed by atoms with Crippen molar-refractivity contribution in [3.05, 3.63) is 59.1 Å². The minimum Gasteiger partial charge on any atom is -0.495 e. The Kier molecular flexibility index (Phi) is 4.61. The Bertz CT molecular complexity index is 736. The summed E-state index contributed by atoms with van der Waals surface area (Å²) in [6.45, 7) is 5.58. The molecule has 3 atom stereocenters. The molecule has 2 aromatic carbocycles. The monoisotopic (exact) mass is 356 g/mol. The van der Waals surface area contributed by atoms with Crippen molar-refractivity contribution in [2.24, 2.45) is 0 Å². The summed E-state index contributed by atoms with van der Waals surface area (Å²) in [4.78, 5) is 5.14. The van der Waals surface area contributed by atoms with Crippen molar-refractivity contribution in [1.82, 2.24) is 4.90 Å². The third kappa shape index (κ3) is 3.36. The molecule has 0 spiro atoms. The molecule has 2 aromatic rings. The quantitative estimate of drug-likeness (QED) is 0.806. The molecule has 132 valence electrons. The van der Waals surface area contributed by atoms with Crippen LogP contribution in [0, 0.1) is 0 Å². The molecule has 1 heterocycles. The zero-order valence-corrected chi connectivity index (χ0v) is 15.6. The SMILES string of the molecule is COc1cc(N2CCN([C@@H]3C[C@H]3c3ccccc3)CC2C)ccc1Cl. The van der Waals surface area contributed by atoms with Gasteiger partial charge in [0, 0.05) is 49.4 Å². The van der Waals surface area contributed by atoms with E-state index in [1.165, 1.54) is 17.7 Å². The van der Waals surface area contributed by atoms with Crippen LogP contribution in [-0.4, -0.2) is 43.7 Å². The maximum absolute atomic E-state index is 6.17. The molecule has 1 saturated carbocycles. The Morgan fingerprint density at radius 1 is 1.08 bits per heavy atom. The molecule has 2 aliphatic rings. The number of benzene rings is 2. The van der Waals surface area contributed by atoms with Crippen LogP contribution in [0.5, 0.6) is 5.75 Å². The highest BCUT2D eigenvalue weighted by Crippen LogP contribution is 2.45. The normalized spacial score (nSPS) is 26.5. The number of anilines is 1. The van der Waals surface area contributed by atoms with Crippen molar-refractivity contribution in [3.63, 3.8) is 0 Å². The van der Waals surface area contributed by atoms with Crippen molar-refractivity contribution in [3.8, 4) is 5.75 Å². The van der Waals surface area contributed by atoms with Crippen molar-refractivity contribution < 1.29 is 4.74 Å². The molecule has 1 aliphatic heterocycles. The third-order valence-electron chi connectivity index (χ3n) is 5.58. The number of ether oxygens (including phenoxy) is 1. The van der Waals surface area contributed by atoms with Gasteiger partial charge in [-0.15, -0.1) is 0 Å². The van der Waals surface area contributed by atoms with Gasteiger partial charge in [0.1, 0.15) is 5.75 Å². The minimum absolute atomic E-state index is 0.483. The fraction of sp³-hybridized carbons (Fsp3) is 0.429. The second-order valence-electron chi connectivity index (χ2n) is 7.18. The van der Waals surface area contributed by atoms with Gasteiger partial charge in [-0.1, -0.05) is 41.9 Å². The van der Waals surface area contributed by atoms with E-state index in [0.717, 1.165) is 31.3 Å². The maximum atomic E-state index is 6.17. The first-order valence-corrected chi connectivity index (χ1v) is 9.44. The summed E-state index contributed by atoms with van der Waals surface area (Å²) in [6.07, 6.45) is 1.30. The average Bonchev–Trinajstić information content (AvgIpc) is 3.44. The van der Waals surface area contributed by atoms with Crippen molar-refractivity contribution in [1.29, 1.82) is 0 Å². The first-order chi connectivity index (χ1) is 12.2. The van der Waals surface area contributed by atoms with Crippen LogP contribution < -0.4 is 9.64 Å². The van der Waals surface area contributed by atoms with E-state index in [-0.39, 0.29) is 0 Å². The summed E-state index contributed by atoms with van der Waals surface area (Å²) in [6, 6.07) is 18.2. The zero-order chi connectivity index (χ0) is 17.4. The molecule has 1 aliphatic carbocycles. The van der Waals surface area contributed by atoms with Crippen molar-refractivity contribution >= 4 is 17.3 Å². The number of nitrogens with zero attached hydrogens (tertiary/aromatic N) is 2. The van der Waals surface area contributed by atoms with Gasteiger partial charge < -0.3 is 9.64 Å². The van der Waals surface area contributed by atoms with Gasteiger partial charge in [-0.2, -0.15) is 0 Å². The lowest BCUT2D eigenvalue weighted by atomic mass is 10.1. The highest BCUT2D eigenvalue weighted by molar-refractivity contribution is 6.32. The maximum Gasteiger partial charge on any atom is 0.139 e. The predicted molar refractivity (Wildman–Crippen MR) is 104 cm³/mol. The number of methoxy groups -OCH3 is 1. The Labute approximate surface area is 155 Å². The van der Waals surface area contributed by atoms with E-state index in [1.54, 1.807) is 7.11 Å². The van der Waals surface area contributed by atoms with Gasteiger partial charge in [-0.3, -0.25) is 4.90 Å². The van der Waals surface area contributed by atoms with Gasteiger partial charge >= 0.3 is 0 Å². The molecule has 25 heavy (non-hydrogen) atoms. The van der Waals surface area contributed by atoms with Gasteiger partial charge in [-0.25, -0.2) is 0 Å². The smallest absolute Gasteiger partial charge is 0.139 e. The summed E-state index contributed by atoms with van der Waals surface area (Å²) >= 11 is 6.17. The van der Waals surface area contributed by atoms with Crippen molar-refractivity contribution in [2.75, 3.05) is 31.6 Å². The molecule has 2 fully saturated rings. The molecule has 0 bridgehead atoms. The largest absolute Gasteiger partial charge is 0.495 e. The van der Waals surface area contributed by atoms with E-state index in [4.69, 9.17) is 16.3 Å². The van der Waals surface area contributed by atoms with E-state index in [0.29, 0.717) is 17.1 Å². The lowest BCUT2D eigenvalue weighted by Crippen LogP contribution is -2.52. The lowest BCUT2D eigenvalue weighted by Gasteiger charge is -2.41. The Morgan fingerprint density at radius 3 is 2.60 bits per heavy atom. The van der Waals surface area contributed by atoms with Crippen LogP contribution in [-0.2, 0) is 0 Å². The van der Waals surface area contributed by atoms with Crippen molar-refractivity contribution in [2.45, 2.75) is 31.3 Å². The topological polar surface area (TPSA) is 15.7 Å². The van der Waals surface area contributed by atoms with Gasteiger partial charge in [0.15, 0.2) is 0 Å². The standard InChI is InChI=1S/C21H25ClN2O/c1-15-14-23(20-13-18(20)16-6-4-3-5-7-16)10-11-24(15)17-8-9-19(22)21(12-17)25-2/h3-9,12,15,18,20H,10-11,13-14H2,1-2H3/t15?,18-,20+/m0/s1. The minimum atomic E-state index is 0.483.